The highest BCUT2D eigenvalue weighted by molar-refractivity contribution is 5.84. The molecule has 3 rings (SSSR count). The molecule has 2 unspecified atom stereocenters. The van der Waals surface area contributed by atoms with E-state index < -0.39 is 0 Å². The van der Waals surface area contributed by atoms with Gasteiger partial charge in [-0.2, -0.15) is 0 Å². The fourth-order valence-corrected chi connectivity index (χ4v) is 2.39. The number of para-hydroxylation sites is 2. The minimum absolute atomic E-state index is 0.156. The Morgan fingerprint density at radius 1 is 0.667 bits per heavy atom. The largest absolute Gasteiger partial charge is 0.507 e. The Labute approximate surface area is 140 Å². The van der Waals surface area contributed by atoms with E-state index in [9.17, 15) is 10.2 Å². The standard InChI is InChI=1S/C20H18N2O2/c23-19-11-5-1-7-15(19)13-21-17-9-3-4-10-18(17)22-14-16-8-2-6-12-20(16)24/h1-14,17-18,23-24H. The maximum absolute atomic E-state index is 9.81. The van der Waals surface area contributed by atoms with E-state index in [-0.39, 0.29) is 23.6 Å². The van der Waals surface area contributed by atoms with Crippen molar-refractivity contribution in [2.24, 2.45) is 9.98 Å². The van der Waals surface area contributed by atoms with E-state index in [2.05, 4.69) is 9.98 Å². The van der Waals surface area contributed by atoms with Gasteiger partial charge in [0.2, 0.25) is 0 Å². The second kappa shape index (κ2) is 7.42. The SMILES string of the molecule is Oc1ccccc1C=NC1C=CC=CC1N=Cc1ccccc1O. The van der Waals surface area contributed by atoms with Crippen LogP contribution in [0.25, 0.3) is 0 Å². The van der Waals surface area contributed by atoms with Crippen molar-refractivity contribution >= 4 is 12.4 Å². The van der Waals surface area contributed by atoms with Gasteiger partial charge in [0.15, 0.2) is 0 Å². The maximum Gasteiger partial charge on any atom is 0.124 e. The second-order valence-electron chi connectivity index (χ2n) is 5.42. The number of aliphatic imine (C=N–C) groups is 2. The van der Waals surface area contributed by atoms with Crippen molar-refractivity contribution in [2.45, 2.75) is 12.1 Å². The maximum atomic E-state index is 9.81. The van der Waals surface area contributed by atoms with Gasteiger partial charge in [-0.05, 0) is 24.3 Å². The first-order valence-corrected chi connectivity index (χ1v) is 7.71. The van der Waals surface area contributed by atoms with Gasteiger partial charge in [-0.25, -0.2) is 0 Å². The summed E-state index contributed by atoms with van der Waals surface area (Å²) in [5.74, 6) is 0.400. The van der Waals surface area contributed by atoms with Gasteiger partial charge in [-0.1, -0.05) is 48.6 Å². The number of aromatic hydroxyl groups is 2. The number of benzene rings is 2. The van der Waals surface area contributed by atoms with Crippen molar-refractivity contribution in [1.29, 1.82) is 0 Å². The molecule has 24 heavy (non-hydrogen) atoms. The summed E-state index contributed by atoms with van der Waals surface area (Å²) >= 11 is 0. The predicted octanol–water partition coefficient (Wildman–Crippen LogP) is 3.50. The Balaban J connectivity index is 1.77. The first-order valence-electron chi connectivity index (χ1n) is 7.71. The number of nitrogens with zero attached hydrogens (tertiary/aromatic N) is 2. The number of rotatable bonds is 4. The van der Waals surface area contributed by atoms with Crippen LogP contribution >= 0.6 is 0 Å². The normalized spacial score (nSPS) is 20.2. The third-order valence-corrected chi connectivity index (χ3v) is 3.72. The second-order valence-corrected chi connectivity index (χ2v) is 5.42. The highest BCUT2D eigenvalue weighted by Gasteiger charge is 2.15. The summed E-state index contributed by atoms with van der Waals surface area (Å²) in [5.41, 5.74) is 1.34. The van der Waals surface area contributed by atoms with E-state index in [1.165, 1.54) is 0 Å². The summed E-state index contributed by atoms with van der Waals surface area (Å²) in [7, 11) is 0. The van der Waals surface area contributed by atoms with Gasteiger partial charge in [-0.3, -0.25) is 9.98 Å². The van der Waals surface area contributed by atoms with Gasteiger partial charge in [0.1, 0.15) is 11.5 Å². The number of allylic oxidation sites excluding steroid dienone is 2. The lowest BCUT2D eigenvalue weighted by molar-refractivity contribution is 0.474. The molecule has 0 saturated carbocycles. The fraction of sp³-hybridized carbons (Fsp3) is 0.100. The molecule has 4 nitrogen and oxygen atoms in total. The number of hydrogen-bond donors (Lipinski definition) is 2. The van der Waals surface area contributed by atoms with E-state index in [1.807, 2.05) is 48.6 Å². The zero-order chi connectivity index (χ0) is 16.8. The molecule has 0 bridgehead atoms. The zero-order valence-corrected chi connectivity index (χ0v) is 13.0. The highest BCUT2D eigenvalue weighted by atomic mass is 16.3. The van der Waals surface area contributed by atoms with Crippen LogP contribution in [0.5, 0.6) is 11.5 Å². The smallest absolute Gasteiger partial charge is 0.124 e. The summed E-state index contributed by atoms with van der Waals surface area (Å²) < 4.78 is 0. The van der Waals surface area contributed by atoms with E-state index in [0.29, 0.717) is 11.1 Å². The van der Waals surface area contributed by atoms with Gasteiger partial charge in [0.05, 0.1) is 12.1 Å². The first-order chi connectivity index (χ1) is 11.7. The lowest BCUT2D eigenvalue weighted by Crippen LogP contribution is -2.20. The number of phenols is 2. The molecule has 0 heterocycles. The third kappa shape index (κ3) is 3.79. The first kappa shape index (κ1) is 15.7. The topological polar surface area (TPSA) is 65.2 Å². The molecule has 0 aromatic heterocycles. The molecule has 1 aliphatic rings. The molecule has 2 aromatic rings. The molecule has 2 aromatic carbocycles. The average molecular weight is 318 g/mol. The van der Waals surface area contributed by atoms with Crippen LogP contribution in [-0.2, 0) is 0 Å². The Kier molecular flexibility index (Phi) is 4.87. The van der Waals surface area contributed by atoms with Gasteiger partial charge < -0.3 is 10.2 Å². The lowest BCUT2D eigenvalue weighted by atomic mass is 10.0. The molecule has 0 fully saturated rings. The van der Waals surface area contributed by atoms with Crippen LogP contribution < -0.4 is 0 Å². The van der Waals surface area contributed by atoms with Crippen molar-refractivity contribution < 1.29 is 10.2 Å². The molecule has 0 saturated heterocycles. The quantitative estimate of drug-likeness (QED) is 0.847. The Morgan fingerprint density at radius 2 is 1.08 bits per heavy atom. The molecule has 1 aliphatic carbocycles. The summed E-state index contributed by atoms with van der Waals surface area (Å²) in [6, 6.07) is 13.8. The Morgan fingerprint density at radius 3 is 1.50 bits per heavy atom. The molecule has 2 atom stereocenters. The molecular weight excluding hydrogens is 300 g/mol. The minimum atomic E-state index is -0.156. The predicted molar refractivity (Wildman–Crippen MR) is 97.3 cm³/mol. The minimum Gasteiger partial charge on any atom is -0.507 e. The van der Waals surface area contributed by atoms with Gasteiger partial charge in [0.25, 0.3) is 0 Å². The van der Waals surface area contributed by atoms with Crippen molar-refractivity contribution in [1.82, 2.24) is 0 Å². The number of hydrogen-bond acceptors (Lipinski definition) is 4. The van der Waals surface area contributed by atoms with Crippen LogP contribution in [0.1, 0.15) is 11.1 Å². The highest BCUT2D eigenvalue weighted by Crippen LogP contribution is 2.18. The summed E-state index contributed by atoms with van der Waals surface area (Å²) in [4.78, 5) is 9.06. The van der Waals surface area contributed by atoms with Crippen molar-refractivity contribution in [2.75, 3.05) is 0 Å². The Hall–Kier alpha value is -3.14. The van der Waals surface area contributed by atoms with Crippen LogP contribution in [0.15, 0.2) is 82.8 Å². The van der Waals surface area contributed by atoms with E-state index in [0.717, 1.165) is 0 Å². The van der Waals surface area contributed by atoms with Gasteiger partial charge in [-0.15, -0.1) is 0 Å². The van der Waals surface area contributed by atoms with E-state index in [4.69, 9.17) is 0 Å². The Bertz CT molecular complexity index is 752. The molecule has 4 heteroatoms. The molecule has 0 aliphatic heterocycles. The van der Waals surface area contributed by atoms with Gasteiger partial charge >= 0.3 is 0 Å². The van der Waals surface area contributed by atoms with Crippen molar-refractivity contribution in [3.63, 3.8) is 0 Å². The average Bonchev–Trinajstić information content (AvgIpc) is 2.61. The zero-order valence-electron chi connectivity index (χ0n) is 13.0. The van der Waals surface area contributed by atoms with Crippen molar-refractivity contribution in [3.8, 4) is 11.5 Å². The van der Waals surface area contributed by atoms with Crippen LogP contribution in [0.3, 0.4) is 0 Å². The van der Waals surface area contributed by atoms with E-state index >= 15 is 0 Å². The van der Waals surface area contributed by atoms with Crippen molar-refractivity contribution in [3.05, 3.63) is 84.0 Å². The van der Waals surface area contributed by atoms with Crippen LogP contribution in [0.4, 0.5) is 0 Å². The molecule has 0 amide bonds. The molecule has 0 spiro atoms. The monoisotopic (exact) mass is 318 g/mol. The molecule has 2 N–H and O–H groups in total. The third-order valence-electron chi connectivity index (χ3n) is 3.72. The van der Waals surface area contributed by atoms with Crippen LogP contribution in [0.2, 0.25) is 0 Å². The molecular formula is C20H18N2O2. The van der Waals surface area contributed by atoms with E-state index in [1.54, 1.807) is 36.7 Å². The summed E-state index contributed by atoms with van der Waals surface area (Å²) in [6.45, 7) is 0. The fourth-order valence-electron chi connectivity index (χ4n) is 2.39. The van der Waals surface area contributed by atoms with Crippen LogP contribution in [-0.4, -0.2) is 34.7 Å². The summed E-state index contributed by atoms with van der Waals surface area (Å²) in [5, 5.41) is 19.6. The van der Waals surface area contributed by atoms with Gasteiger partial charge in [0, 0.05) is 23.6 Å². The number of phenolic OH excluding ortho intramolecular Hbond substituents is 2. The summed E-state index contributed by atoms with van der Waals surface area (Å²) in [6.07, 6.45) is 11.1. The molecule has 120 valence electrons. The van der Waals surface area contributed by atoms with Crippen LogP contribution in [0, 0.1) is 0 Å². The molecule has 0 radical (unpaired) electrons. The lowest BCUT2D eigenvalue weighted by Gasteiger charge is -2.16.